The van der Waals surface area contributed by atoms with E-state index < -0.39 is 0 Å². The number of nitrogens with one attached hydrogen (secondary N) is 1. The summed E-state index contributed by atoms with van der Waals surface area (Å²) in [6.45, 7) is 9.49. The minimum atomic E-state index is 0.137. The highest BCUT2D eigenvalue weighted by Crippen LogP contribution is 2.29. The first-order valence-corrected chi connectivity index (χ1v) is 7.88. The van der Waals surface area contributed by atoms with Crippen LogP contribution in [0.25, 0.3) is 0 Å². The molecular weight excluding hydrogens is 262 g/mol. The van der Waals surface area contributed by atoms with E-state index in [9.17, 15) is 0 Å². The van der Waals surface area contributed by atoms with Crippen LogP contribution in [0.5, 0.6) is 0 Å². The van der Waals surface area contributed by atoms with Crippen LogP contribution in [0.3, 0.4) is 0 Å². The number of guanidine groups is 1. The maximum atomic E-state index is 5.64. The molecule has 2 rings (SSSR count). The third-order valence-corrected chi connectivity index (χ3v) is 4.61. The van der Waals surface area contributed by atoms with Crippen LogP contribution in [-0.4, -0.2) is 74.0 Å². The summed E-state index contributed by atoms with van der Waals surface area (Å²) in [6, 6.07) is 0. The molecule has 0 aromatic heterocycles. The van der Waals surface area contributed by atoms with Gasteiger partial charge < -0.3 is 19.7 Å². The molecule has 19 heavy (non-hydrogen) atoms. The molecule has 2 heterocycles. The van der Waals surface area contributed by atoms with Gasteiger partial charge in [0.15, 0.2) is 5.96 Å². The van der Waals surface area contributed by atoms with E-state index in [1.54, 1.807) is 0 Å². The summed E-state index contributed by atoms with van der Waals surface area (Å²) in [6.07, 6.45) is 0.137. The molecule has 2 aliphatic heterocycles. The molecule has 0 aromatic rings. The van der Waals surface area contributed by atoms with Crippen molar-refractivity contribution in [1.29, 1.82) is 0 Å². The molecule has 0 aliphatic carbocycles. The lowest BCUT2D eigenvalue weighted by Gasteiger charge is -2.39. The van der Waals surface area contributed by atoms with Crippen molar-refractivity contribution in [1.82, 2.24) is 10.2 Å². The Kier molecular flexibility index (Phi) is 5.36. The highest BCUT2D eigenvalue weighted by Gasteiger charge is 2.29. The lowest BCUT2D eigenvalue weighted by Crippen LogP contribution is -2.52. The summed E-state index contributed by atoms with van der Waals surface area (Å²) >= 11 is 2.03. The molecular formula is C13H25N3O2S. The third kappa shape index (κ3) is 4.54. The molecule has 6 heteroatoms. The Morgan fingerprint density at radius 1 is 1.47 bits per heavy atom. The van der Waals surface area contributed by atoms with Crippen LogP contribution in [0.4, 0.5) is 0 Å². The van der Waals surface area contributed by atoms with Gasteiger partial charge in [-0.2, -0.15) is 11.8 Å². The Morgan fingerprint density at radius 2 is 2.32 bits per heavy atom. The SMILES string of the molecule is CN=C(NCC1COCCO1)N1CCSC(C)(C)C1. The van der Waals surface area contributed by atoms with Crippen molar-refractivity contribution in [2.24, 2.45) is 4.99 Å². The highest BCUT2D eigenvalue weighted by molar-refractivity contribution is 8.00. The number of thioether (sulfide) groups is 1. The Labute approximate surface area is 120 Å². The van der Waals surface area contributed by atoms with Crippen molar-refractivity contribution in [3.05, 3.63) is 0 Å². The number of rotatable bonds is 2. The molecule has 1 unspecified atom stereocenters. The number of hydrogen-bond acceptors (Lipinski definition) is 4. The van der Waals surface area contributed by atoms with E-state index in [1.807, 2.05) is 18.8 Å². The predicted octanol–water partition coefficient (Wildman–Crippen LogP) is 0.805. The minimum absolute atomic E-state index is 0.137. The van der Waals surface area contributed by atoms with Gasteiger partial charge in [0, 0.05) is 37.2 Å². The van der Waals surface area contributed by atoms with Gasteiger partial charge in [-0.15, -0.1) is 0 Å². The average molecular weight is 287 g/mol. The Balaban J connectivity index is 1.82. The number of hydrogen-bond donors (Lipinski definition) is 1. The fourth-order valence-corrected chi connectivity index (χ4v) is 3.50. The van der Waals surface area contributed by atoms with E-state index in [-0.39, 0.29) is 6.10 Å². The summed E-state index contributed by atoms with van der Waals surface area (Å²) in [5.41, 5.74) is 0. The van der Waals surface area contributed by atoms with Crippen molar-refractivity contribution in [3.8, 4) is 0 Å². The smallest absolute Gasteiger partial charge is 0.193 e. The number of nitrogens with zero attached hydrogens (tertiary/aromatic N) is 2. The Hall–Kier alpha value is -0.460. The molecule has 0 aromatic carbocycles. The molecule has 2 fully saturated rings. The molecule has 0 radical (unpaired) electrons. The molecule has 0 spiro atoms. The normalized spacial score (nSPS) is 28.3. The molecule has 110 valence electrons. The minimum Gasteiger partial charge on any atom is -0.376 e. The molecule has 0 bridgehead atoms. The lowest BCUT2D eigenvalue weighted by molar-refractivity contribution is -0.0851. The van der Waals surface area contributed by atoms with Crippen molar-refractivity contribution in [2.75, 3.05) is 52.3 Å². The van der Waals surface area contributed by atoms with Crippen LogP contribution in [0.2, 0.25) is 0 Å². The molecule has 1 atom stereocenters. The van der Waals surface area contributed by atoms with Crippen molar-refractivity contribution in [3.63, 3.8) is 0 Å². The van der Waals surface area contributed by atoms with E-state index in [0.29, 0.717) is 24.6 Å². The highest BCUT2D eigenvalue weighted by atomic mass is 32.2. The zero-order chi connectivity index (χ0) is 13.7. The number of aliphatic imine (C=N–C) groups is 1. The molecule has 2 aliphatic rings. The van der Waals surface area contributed by atoms with Gasteiger partial charge in [0.2, 0.25) is 0 Å². The van der Waals surface area contributed by atoms with Gasteiger partial charge in [-0.1, -0.05) is 0 Å². The van der Waals surface area contributed by atoms with Gasteiger partial charge in [-0.05, 0) is 13.8 Å². The van der Waals surface area contributed by atoms with Gasteiger partial charge in [-0.25, -0.2) is 0 Å². The first-order valence-electron chi connectivity index (χ1n) is 6.90. The summed E-state index contributed by atoms with van der Waals surface area (Å²) < 4.78 is 11.3. The van der Waals surface area contributed by atoms with Crippen LogP contribution in [-0.2, 0) is 9.47 Å². The largest absolute Gasteiger partial charge is 0.376 e. The van der Waals surface area contributed by atoms with Gasteiger partial charge >= 0.3 is 0 Å². The lowest BCUT2D eigenvalue weighted by atomic mass is 10.2. The second-order valence-electron chi connectivity index (χ2n) is 5.53. The van der Waals surface area contributed by atoms with Crippen LogP contribution in [0.1, 0.15) is 13.8 Å². The van der Waals surface area contributed by atoms with Gasteiger partial charge in [0.05, 0.1) is 25.9 Å². The first kappa shape index (κ1) is 14.9. The van der Waals surface area contributed by atoms with E-state index in [2.05, 4.69) is 29.1 Å². The third-order valence-electron chi connectivity index (χ3n) is 3.31. The molecule has 0 amide bonds. The maximum Gasteiger partial charge on any atom is 0.193 e. The fourth-order valence-electron chi connectivity index (χ4n) is 2.39. The molecule has 5 nitrogen and oxygen atoms in total. The van der Waals surface area contributed by atoms with E-state index in [0.717, 1.165) is 31.3 Å². The summed E-state index contributed by atoms with van der Waals surface area (Å²) in [5, 5.41) is 3.41. The van der Waals surface area contributed by atoms with Crippen LogP contribution >= 0.6 is 11.8 Å². The topological polar surface area (TPSA) is 46.1 Å². The van der Waals surface area contributed by atoms with Crippen LogP contribution < -0.4 is 5.32 Å². The summed E-state index contributed by atoms with van der Waals surface area (Å²) in [5.74, 6) is 2.12. The van der Waals surface area contributed by atoms with E-state index in [1.165, 1.54) is 0 Å². The summed E-state index contributed by atoms with van der Waals surface area (Å²) in [4.78, 5) is 6.72. The quantitative estimate of drug-likeness (QED) is 0.601. The molecule has 2 saturated heterocycles. The molecule has 1 N–H and O–H groups in total. The monoisotopic (exact) mass is 287 g/mol. The van der Waals surface area contributed by atoms with Crippen molar-refractivity contribution >= 4 is 17.7 Å². The Bertz CT molecular complexity index is 317. The fraction of sp³-hybridized carbons (Fsp3) is 0.923. The maximum absolute atomic E-state index is 5.64. The molecule has 0 saturated carbocycles. The second kappa shape index (κ2) is 6.81. The van der Waals surface area contributed by atoms with Gasteiger partial charge in [-0.3, -0.25) is 4.99 Å². The zero-order valence-corrected chi connectivity index (χ0v) is 13.0. The van der Waals surface area contributed by atoms with Crippen LogP contribution in [0, 0.1) is 0 Å². The standard InChI is InChI=1S/C13H25N3O2S/c1-13(2)10-16(4-7-19-13)12(14-3)15-8-11-9-17-5-6-18-11/h11H,4-10H2,1-3H3,(H,14,15). The second-order valence-corrected chi connectivity index (χ2v) is 7.33. The van der Waals surface area contributed by atoms with E-state index >= 15 is 0 Å². The average Bonchev–Trinajstić information content (AvgIpc) is 2.39. The Morgan fingerprint density at radius 3 is 2.95 bits per heavy atom. The first-order chi connectivity index (χ1) is 9.11. The van der Waals surface area contributed by atoms with Crippen LogP contribution in [0.15, 0.2) is 4.99 Å². The van der Waals surface area contributed by atoms with Crippen molar-refractivity contribution < 1.29 is 9.47 Å². The number of ether oxygens (including phenoxy) is 2. The summed E-state index contributed by atoms with van der Waals surface area (Å²) in [7, 11) is 1.84. The van der Waals surface area contributed by atoms with E-state index in [4.69, 9.17) is 9.47 Å². The zero-order valence-electron chi connectivity index (χ0n) is 12.1. The van der Waals surface area contributed by atoms with Crippen molar-refractivity contribution in [2.45, 2.75) is 24.7 Å². The van der Waals surface area contributed by atoms with Gasteiger partial charge in [0.1, 0.15) is 0 Å². The predicted molar refractivity (Wildman–Crippen MR) is 80.0 cm³/mol. The van der Waals surface area contributed by atoms with Gasteiger partial charge in [0.25, 0.3) is 0 Å².